The third-order valence-electron chi connectivity index (χ3n) is 6.03. The highest BCUT2D eigenvalue weighted by molar-refractivity contribution is 6.30. The third-order valence-corrected chi connectivity index (χ3v) is 6.29. The molecule has 4 rings (SSSR count). The van der Waals surface area contributed by atoms with Gasteiger partial charge in [-0.15, -0.1) is 0 Å². The van der Waals surface area contributed by atoms with Gasteiger partial charge < -0.3 is 0 Å². The Labute approximate surface area is 193 Å². The van der Waals surface area contributed by atoms with E-state index in [1.807, 2.05) is 66.7 Å². The van der Waals surface area contributed by atoms with Crippen LogP contribution < -0.4 is 0 Å². The van der Waals surface area contributed by atoms with Crippen LogP contribution in [0, 0.1) is 11.6 Å². The Morgan fingerprint density at radius 3 is 2.00 bits per heavy atom. The van der Waals surface area contributed by atoms with Crippen LogP contribution in [0.1, 0.15) is 41.2 Å². The Bertz CT molecular complexity index is 1210. The second kappa shape index (κ2) is 10.3. The van der Waals surface area contributed by atoms with E-state index in [1.165, 1.54) is 0 Å². The van der Waals surface area contributed by atoms with Gasteiger partial charge in [0.1, 0.15) is 11.6 Å². The number of rotatable bonds is 8. The molecule has 32 heavy (non-hydrogen) atoms. The maximum atomic E-state index is 15.1. The lowest BCUT2D eigenvalue weighted by Crippen LogP contribution is -1.98. The van der Waals surface area contributed by atoms with Crippen molar-refractivity contribution in [2.45, 2.75) is 45.4 Å². The quantitative estimate of drug-likeness (QED) is 0.254. The Kier molecular flexibility index (Phi) is 7.22. The van der Waals surface area contributed by atoms with Gasteiger partial charge in [-0.1, -0.05) is 79.5 Å². The molecule has 0 bridgehead atoms. The van der Waals surface area contributed by atoms with Gasteiger partial charge in [0, 0.05) is 10.4 Å². The second-order valence-electron chi connectivity index (χ2n) is 8.40. The van der Waals surface area contributed by atoms with Crippen LogP contribution in [0.3, 0.4) is 0 Å². The zero-order valence-electron chi connectivity index (χ0n) is 18.3. The summed E-state index contributed by atoms with van der Waals surface area (Å²) in [4.78, 5) is 0. The van der Waals surface area contributed by atoms with Crippen molar-refractivity contribution in [1.29, 1.82) is 0 Å². The van der Waals surface area contributed by atoms with Gasteiger partial charge in [0.25, 0.3) is 0 Å². The van der Waals surface area contributed by atoms with Crippen molar-refractivity contribution in [3.8, 4) is 0 Å². The summed E-state index contributed by atoms with van der Waals surface area (Å²) >= 11 is 5.94. The first-order valence-corrected chi connectivity index (χ1v) is 11.6. The molecule has 0 fully saturated rings. The van der Waals surface area contributed by atoms with Gasteiger partial charge in [0.15, 0.2) is 0 Å². The monoisotopic (exact) mass is 448 g/mol. The van der Waals surface area contributed by atoms with Crippen molar-refractivity contribution in [2.24, 2.45) is 0 Å². The number of hydrogen-bond donors (Lipinski definition) is 0. The summed E-state index contributed by atoms with van der Waals surface area (Å²) < 4.78 is 29.5. The second-order valence-corrected chi connectivity index (χ2v) is 8.83. The first-order valence-electron chi connectivity index (χ1n) is 11.2. The van der Waals surface area contributed by atoms with E-state index < -0.39 is 0 Å². The van der Waals surface area contributed by atoms with Gasteiger partial charge in [0.05, 0.1) is 0 Å². The molecule has 4 aromatic rings. The highest BCUT2D eigenvalue weighted by atomic mass is 35.5. The summed E-state index contributed by atoms with van der Waals surface area (Å²) in [5, 5.41) is 2.23. The van der Waals surface area contributed by atoms with Crippen molar-refractivity contribution in [2.75, 3.05) is 0 Å². The molecule has 164 valence electrons. The van der Waals surface area contributed by atoms with Gasteiger partial charge in [-0.2, -0.15) is 0 Å². The third kappa shape index (κ3) is 5.37. The minimum atomic E-state index is -0.152. The molecule has 3 heteroatoms. The van der Waals surface area contributed by atoms with E-state index in [4.69, 9.17) is 11.6 Å². The Morgan fingerprint density at radius 2 is 1.25 bits per heavy atom. The van der Waals surface area contributed by atoms with Crippen molar-refractivity contribution < 1.29 is 8.78 Å². The zero-order valence-corrected chi connectivity index (χ0v) is 19.1. The lowest BCUT2D eigenvalue weighted by atomic mass is 9.97. The number of fused-ring (bicyclic) bond motifs is 1. The van der Waals surface area contributed by atoms with E-state index in [-0.39, 0.29) is 11.6 Å². The number of aryl methyl sites for hydroxylation is 5. The smallest absolute Gasteiger partial charge is 0.134 e. The number of hydrogen-bond acceptors (Lipinski definition) is 0. The maximum Gasteiger partial charge on any atom is 0.134 e. The molecule has 0 aliphatic rings. The summed E-state index contributed by atoms with van der Waals surface area (Å²) in [6.45, 7) is 2.09. The van der Waals surface area contributed by atoms with Crippen LogP contribution in [0.15, 0.2) is 72.8 Å². The fraction of sp³-hybridized carbons (Fsp3) is 0.241. The van der Waals surface area contributed by atoms with E-state index in [1.54, 1.807) is 6.07 Å². The Hall–Kier alpha value is -2.71. The lowest BCUT2D eigenvalue weighted by Gasteiger charge is -2.10. The molecule has 0 spiro atoms. The normalized spacial score (nSPS) is 11.2. The Morgan fingerprint density at radius 1 is 0.625 bits per heavy atom. The molecule has 0 saturated carbocycles. The van der Waals surface area contributed by atoms with Gasteiger partial charge in [-0.05, 0) is 83.5 Å². The van der Waals surface area contributed by atoms with Gasteiger partial charge >= 0.3 is 0 Å². The molecule has 0 aliphatic heterocycles. The van der Waals surface area contributed by atoms with Crippen LogP contribution in [0.25, 0.3) is 10.8 Å². The number of benzene rings is 4. The minimum Gasteiger partial charge on any atom is -0.207 e. The van der Waals surface area contributed by atoms with Crippen molar-refractivity contribution in [1.82, 2.24) is 0 Å². The maximum absolute atomic E-state index is 15.1. The fourth-order valence-corrected chi connectivity index (χ4v) is 4.31. The van der Waals surface area contributed by atoms with E-state index in [0.29, 0.717) is 23.3 Å². The molecule has 0 heterocycles. The molecular formula is C29H27ClF2. The summed E-state index contributed by atoms with van der Waals surface area (Å²) in [5.41, 5.74) is 4.71. The van der Waals surface area contributed by atoms with Crippen LogP contribution in [0.5, 0.6) is 0 Å². The van der Waals surface area contributed by atoms with Crippen LogP contribution >= 0.6 is 11.6 Å². The highest BCUT2D eigenvalue weighted by Gasteiger charge is 2.10. The predicted molar refractivity (Wildman–Crippen MR) is 131 cm³/mol. The SMILES string of the molecule is CCCc1ccc(CCc2ccc3c(F)c(CCc4ccc(Cl)cc4)ccc3c2)c(F)c1. The summed E-state index contributed by atoms with van der Waals surface area (Å²) in [6.07, 6.45) is 4.66. The highest BCUT2D eigenvalue weighted by Crippen LogP contribution is 2.25. The molecule has 4 aromatic carbocycles. The van der Waals surface area contributed by atoms with E-state index in [2.05, 4.69) is 6.92 Å². The van der Waals surface area contributed by atoms with Crippen LogP contribution in [0.2, 0.25) is 5.02 Å². The summed E-state index contributed by atoms with van der Waals surface area (Å²) in [6, 6.07) is 22.9. The minimum absolute atomic E-state index is 0.131. The number of halogens is 3. The van der Waals surface area contributed by atoms with Gasteiger partial charge in [-0.3, -0.25) is 0 Å². The Balaban J connectivity index is 1.45. The van der Waals surface area contributed by atoms with E-state index in [9.17, 15) is 4.39 Å². The lowest BCUT2D eigenvalue weighted by molar-refractivity contribution is 0.606. The predicted octanol–water partition coefficient (Wildman–Crippen LogP) is 8.29. The molecule has 0 amide bonds. The van der Waals surface area contributed by atoms with E-state index in [0.717, 1.165) is 58.9 Å². The molecule has 0 atom stereocenters. The van der Waals surface area contributed by atoms with Crippen LogP contribution in [-0.2, 0) is 32.1 Å². The molecule has 0 radical (unpaired) electrons. The molecule has 0 nitrogen and oxygen atoms in total. The first kappa shape index (κ1) is 22.5. The largest absolute Gasteiger partial charge is 0.207 e. The summed E-state index contributed by atoms with van der Waals surface area (Å²) in [7, 11) is 0. The van der Waals surface area contributed by atoms with Crippen molar-refractivity contribution in [3.05, 3.63) is 117 Å². The van der Waals surface area contributed by atoms with Gasteiger partial charge in [-0.25, -0.2) is 8.78 Å². The van der Waals surface area contributed by atoms with E-state index >= 15 is 4.39 Å². The average molecular weight is 449 g/mol. The fourth-order valence-electron chi connectivity index (χ4n) is 4.18. The van der Waals surface area contributed by atoms with Gasteiger partial charge in [0.2, 0.25) is 0 Å². The van der Waals surface area contributed by atoms with Crippen LogP contribution in [-0.4, -0.2) is 0 Å². The molecule has 0 saturated heterocycles. The zero-order chi connectivity index (χ0) is 22.5. The summed E-state index contributed by atoms with van der Waals surface area (Å²) in [5.74, 6) is -0.284. The first-order chi connectivity index (χ1) is 15.5. The molecule has 0 unspecified atom stereocenters. The molecule has 0 aliphatic carbocycles. The van der Waals surface area contributed by atoms with Crippen LogP contribution in [0.4, 0.5) is 8.78 Å². The molecule has 0 aromatic heterocycles. The standard InChI is InChI=1S/C29H27ClF2/c1-2-3-21-5-10-23(28(31)19-21)11-6-22-9-17-27-25(18-22)14-13-24(29(27)32)12-4-20-7-15-26(30)16-8-20/h5,7-10,13-19H,2-4,6,11-12H2,1H3. The van der Waals surface area contributed by atoms with Crippen molar-refractivity contribution in [3.63, 3.8) is 0 Å². The topological polar surface area (TPSA) is 0 Å². The average Bonchev–Trinajstić information content (AvgIpc) is 2.79. The molecular weight excluding hydrogens is 422 g/mol. The molecule has 0 N–H and O–H groups in total. The van der Waals surface area contributed by atoms with Crippen molar-refractivity contribution >= 4 is 22.4 Å².